The number of hydrogen-bond acceptors (Lipinski definition) is 7. The number of rotatable bonds is 5. The molecule has 0 amide bonds. The SMILES string of the molecule is CS(=O)(=O)NCc1ccc(-c2nc(-c3ccsc3)no2)o1. The summed E-state index contributed by atoms with van der Waals surface area (Å²) in [7, 11) is -3.26. The summed E-state index contributed by atoms with van der Waals surface area (Å²) in [5.74, 6) is 1.60. The van der Waals surface area contributed by atoms with Crippen molar-refractivity contribution >= 4 is 21.4 Å². The highest BCUT2D eigenvalue weighted by molar-refractivity contribution is 7.88. The van der Waals surface area contributed by atoms with Gasteiger partial charge in [-0.1, -0.05) is 5.16 Å². The highest BCUT2D eigenvalue weighted by Crippen LogP contribution is 2.25. The number of sulfonamides is 1. The maximum Gasteiger partial charge on any atom is 0.293 e. The van der Waals surface area contributed by atoms with E-state index in [0.717, 1.165) is 11.8 Å². The second-order valence-corrected chi connectivity index (χ2v) is 6.91. The molecule has 21 heavy (non-hydrogen) atoms. The van der Waals surface area contributed by atoms with Crippen molar-refractivity contribution in [1.29, 1.82) is 0 Å². The number of furan rings is 1. The summed E-state index contributed by atoms with van der Waals surface area (Å²) in [6.07, 6.45) is 1.09. The van der Waals surface area contributed by atoms with Gasteiger partial charge in [0.1, 0.15) is 5.76 Å². The van der Waals surface area contributed by atoms with E-state index in [9.17, 15) is 8.42 Å². The molecule has 0 aliphatic carbocycles. The molecule has 0 unspecified atom stereocenters. The van der Waals surface area contributed by atoms with E-state index in [1.807, 2.05) is 16.8 Å². The van der Waals surface area contributed by atoms with Gasteiger partial charge in [0.15, 0.2) is 5.76 Å². The lowest BCUT2D eigenvalue weighted by atomic mass is 10.3. The van der Waals surface area contributed by atoms with Crippen LogP contribution in [-0.2, 0) is 16.6 Å². The van der Waals surface area contributed by atoms with Crippen LogP contribution in [0, 0.1) is 0 Å². The third-order valence-corrected chi connectivity index (χ3v) is 3.94. The van der Waals surface area contributed by atoms with Crippen LogP contribution in [0.3, 0.4) is 0 Å². The molecule has 0 bridgehead atoms. The van der Waals surface area contributed by atoms with Gasteiger partial charge in [0.05, 0.1) is 12.8 Å². The van der Waals surface area contributed by atoms with Gasteiger partial charge in [0.25, 0.3) is 5.89 Å². The summed E-state index contributed by atoms with van der Waals surface area (Å²) >= 11 is 1.54. The normalized spacial score (nSPS) is 11.9. The van der Waals surface area contributed by atoms with Gasteiger partial charge in [-0.25, -0.2) is 13.1 Å². The van der Waals surface area contributed by atoms with Gasteiger partial charge >= 0.3 is 0 Å². The Morgan fingerprint density at radius 2 is 2.19 bits per heavy atom. The molecule has 0 saturated carbocycles. The molecule has 3 aromatic rings. The molecule has 110 valence electrons. The average molecular weight is 325 g/mol. The maximum absolute atomic E-state index is 11.0. The first-order valence-corrected chi connectivity index (χ1v) is 8.75. The van der Waals surface area contributed by atoms with E-state index >= 15 is 0 Å². The predicted octanol–water partition coefficient (Wildman–Crippen LogP) is 2.11. The van der Waals surface area contributed by atoms with Crippen LogP contribution < -0.4 is 4.72 Å². The van der Waals surface area contributed by atoms with E-state index < -0.39 is 10.0 Å². The lowest BCUT2D eigenvalue weighted by Crippen LogP contribution is -2.20. The lowest BCUT2D eigenvalue weighted by molar-refractivity contribution is 0.411. The fourth-order valence-corrected chi connectivity index (χ4v) is 2.66. The van der Waals surface area contributed by atoms with E-state index in [0.29, 0.717) is 17.3 Å². The zero-order valence-electron chi connectivity index (χ0n) is 10.9. The van der Waals surface area contributed by atoms with Crippen LogP contribution in [0.4, 0.5) is 0 Å². The number of aromatic nitrogens is 2. The summed E-state index contributed by atoms with van der Waals surface area (Å²) in [6.45, 7) is 0.0738. The monoisotopic (exact) mass is 325 g/mol. The molecule has 0 aliphatic heterocycles. The Bertz CT molecular complexity index is 834. The van der Waals surface area contributed by atoms with Gasteiger partial charge in [-0.15, -0.1) is 0 Å². The van der Waals surface area contributed by atoms with Crippen LogP contribution in [-0.4, -0.2) is 24.8 Å². The van der Waals surface area contributed by atoms with Crippen molar-refractivity contribution in [2.24, 2.45) is 0 Å². The topological polar surface area (TPSA) is 98.2 Å². The number of hydrogen-bond donors (Lipinski definition) is 1. The summed E-state index contributed by atoms with van der Waals surface area (Å²) < 4.78 is 35.0. The Hall–Kier alpha value is -1.97. The van der Waals surface area contributed by atoms with Crippen molar-refractivity contribution in [2.45, 2.75) is 6.54 Å². The van der Waals surface area contributed by atoms with Gasteiger partial charge in [-0.3, -0.25) is 0 Å². The summed E-state index contributed by atoms with van der Waals surface area (Å²) in [4.78, 5) is 4.24. The molecule has 1 N–H and O–H groups in total. The Morgan fingerprint density at radius 3 is 2.90 bits per heavy atom. The highest BCUT2D eigenvalue weighted by Gasteiger charge is 2.14. The molecule has 0 atom stereocenters. The fraction of sp³-hybridized carbons (Fsp3) is 0.167. The van der Waals surface area contributed by atoms with E-state index in [1.165, 1.54) is 0 Å². The molecule has 3 heterocycles. The van der Waals surface area contributed by atoms with Gasteiger partial charge in [0.2, 0.25) is 15.8 Å². The third-order valence-electron chi connectivity index (χ3n) is 2.59. The minimum atomic E-state index is -3.26. The zero-order chi connectivity index (χ0) is 14.9. The number of nitrogens with zero attached hydrogens (tertiary/aromatic N) is 2. The molecule has 0 aliphatic rings. The first kappa shape index (κ1) is 14.0. The Balaban J connectivity index is 1.77. The van der Waals surface area contributed by atoms with Gasteiger partial charge in [-0.05, 0) is 23.6 Å². The van der Waals surface area contributed by atoms with Crippen molar-refractivity contribution < 1.29 is 17.4 Å². The van der Waals surface area contributed by atoms with Crippen LogP contribution in [0.25, 0.3) is 23.0 Å². The standard InChI is InChI=1S/C12H11N3O4S2/c1-21(16,17)13-6-9-2-3-10(18-9)12-14-11(15-19-12)8-4-5-20-7-8/h2-5,7,13H,6H2,1H3. The van der Waals surface area contributed by atoms with E-state index in [4.69, 9.17) is 8.94 Å². The third kappa shape index (κ3) is 3.38. The van der Waals surface area contributed by atoms with Gasteiger partial charge in [0, 0.05) is 10.9 Å². The molecular formula is C12H11N3O4S2. The second-order valence-electron chi connectivity index (χ2n) is 4.29. The maximum atomic E-state index is 11.0. The predicted molar refractivity (Wildman–Crippen MR) is 77.0 cm³/mol. The van der Waals surface area contributed by atoms with Crippen molar-refractivity contribution in [1.82, 2.24) is 14.9 Å². The largest absolute Gasteiger partial charge is 0.455 e. The van der Waals surface area contributed by atoms with Crippen molar-refractivity contribution in [2.75, 3.05) is 6.26 Å². The summed E-state index contributed by atoms with van der Waals surface area (Å²) in [5.41, 5.74) is 0.875. The molecule has 3 rings (SSSR count). The number of nitrogens with one attached hydrogen (secondary N) is 1. The zero-order valence-corrected chi connectivity index (χ0v) is 12.6. The van der Waals surface area contributed by atoms with Crippen LogP contribution in [0.15, 0.2) is 37.9 Å². The molecule has 0 aromatic carbocycles. The van der Waals surface area contributed by atoms with Gasteiger partial charge < -0.3 is 8.94 Å². The Morgan fingerprint density at radius 1 is 1.33 bits per heavy atom. The van der Waals surface area contributed by atoms with Gasteiger partial charge in [-0.2, -0.15) is 16.3 Å². The van der Waals surface area contributed by atoms with Crippen LogP contribution in [0.5, 0.6) is 0 Å². The Labute approximate surface area is 124 Å². The van der Waals surface area contributed by atoms with Crippen molar-refractivity contribution in [3.05, 3.63) is 34.7 Å². The first-order chi connectivity index (χ1) is 10.0. The molecule has 0 radical (unpaired) electrons. The van der Waals surface area contributed by atoms with E-state index in [-0.39, 0.29) is 12.4 Å². The number of thiophene rings is 1. The smallest absolute Gasteiger partial charge is 0.293 e. The molecule has 9 heteroatoms. The molecule has 3 aromatic heterocycles. The highest BCUT2D eigenvalue weighted by atomic mass is 32.2. The molecule has 0 saturated heterocycles. The fourth-order valence-electron chi connectivity index (χ4n) is 1.62. The first-order valence-electron chi connectivity index (χ1n) is 5.91. The van der Waals surface area contributed by atoms with Crippen LogP contribution in [0.1, 0.15) is 5.76 Å². The summed E-state index contributed by atoms with van der Waals surface area (Å²) in [6, 6.07) is 5.20. The summed E-state index contributed by atoms with van der Waals surface area (Å²) in [5, 5.41) is 7.72. The van der Waals surface area contributed by atoms with Crippen molar-refractivity contribution in [3.63, 3.8) is 0 Å². The van der Waals surface area contributed by atoms with Crippen LogP contribution in [0.2, 0.25) is 0 Å². The molecular weight excluding hydrogens is 314 g/mol. The minimum absolute atomic E-state index is 0.0738. The Kier molecular flexibility index (Phi) is 3.62. The lowest BCUT2D eigenvalue weighted by Gasteiger charge is -1.97. The molecule has 0 spiro atoms. The molecule has 7 nitrogen and oxygen atoms in total. The average Bonchev–Trinajstić information content (AvgIpc) is 3.15. The molecule has 0 fully saturated rings. The second kappa shape index (κ2) is 5.43. The van der Waals surface area contributed by atoms with E-state index in [2.05, 4.69) is 14.9 Å². The van der Waals surface area contributed by atoms with Crippen LogP contribution >= 0.6 is 11.3 Å². The van der Waals surface area contributed by atoms with Crippen molar-refractivity contribution in [3.8, 4) is 23.0 Å². The minimum Gasteiger partial charge on any atom is -0.455 e. The quantitative estimate of drug-likeness (QED) is 0.771. The van der Waals surface area contributed by atoms with E-state index in [1.54, 1.807) is 23.5 Å².